The molecule has 1 aliphatic carbocycles. The average molecular weight is 143 g/mol. The van der Waals surface area contributed by atoms with E-state index in [1.54, 1.807) is 0 Å². The van der Waals surface area contributed by atoms with Gasteiger partial charge >= 0.3 is 0 Å². The molecule has 0 aromatic rings. The van der Waals surface area contributed by atoms with Crippen molar-refractivity contribution in [3.8, 4) is 0 Å². The van der Waals surface area contributed by atoms with Crippen molar-refractivity contribution in [2.75, 3.05) is 13.1 Å². The van der Waals surface area contributed by atoms with E-state index in [0.29, 0.717) is 11.8 Å². The molecule has 1 heterocycles. The van der Waals surface area contributed by atoms with Crippen molar-refractivity contribution in [1.29, 1.82) is 0 Å². The van der Waals surface area contributed by atoms with Crippen LogP contribution in [0.15, 0.2) is 0 Å². The van der Waals surface area contributed by atoms with Crippen molar-refractivity contribution in [2.24, 2.45) is 11.8 Å². The molecular weight excluding hydrogens is 129 g/mol. The van der Waals surface area contributed by atoms with Gasteiger partial charge in [-0.25, -0.2) is 4.39 Å². The second kappa shape index (κ2) is 2.50. The van der Waals surface area contributed by atoms with Gasteiger partial charge in [0.2, 0.25) is 0 Å². The lowest BCUT2D eigenvalue weighted by Crippen LogP contribution is -2.31. The zero-order valence-corrected chi connectivity index (χ0v) is 6.15. The van der Waals surface area contributed by atoms with Crippen molar-refractivity contribution in [2.45, 2.75) is 25.4 Å². The molecule has 2 heteroatoms. The maximum Gasteiger partial charge on any atom is 0.104 e. The fraction of sp³-hybridized carbons (Fsp3) is 1.00. The van der Waals surface area contributed by atoms with Gasteiger partial charge in [0.1, 0.15) is 6.17 Å². The predicted molar refractivity (Wildman–Crippen MR) is 38.6 cm³/mol. The molecule has 3 unspecified atom stereocenters. The molecule has 0 spiro atoms. The van der Waals surface area contributed by atoms with Gasteiger partial charge in [-0.3, -0.25) is 0 Å². The van der Waals surface area contributed by atoms with Crippen molar-refractivity contribution in [3.05, 3.63) is 0 Å². The molecule has 3 atom stereocenters. The Kier molecular flexibility index (Phi) is 1.65. The highest BCUT2D eigenvalue weighted by Gasteiger charge is 2.43. The molecule has 0 radical (unpaired) electrons. The summed E-state index contributed by atoms with van der Waals surface area (Å²) in [6.07, 6.45) is 2.88. The molecular formula is C8H14FN. The second-order valence-corrected chi connectivity index (χ2v) is 3.52. The van der Waals surface area contributed by atoms with Crippen molar-refractivity contribution >= 4 is 0 Å². The van der Waals surface area contributed by atoms with Gasteiger partial charge in [0, 0.05) is 0 Å². The summed E-state index contributed by atoms with van der Waals surface area (Å²) in [5.41, 5.74) is 0. The fourth-order valence-corrected chi connectivity index (χ4v) is 1.91. The van der Waals surface area contributed by atoms with E-state index in [-0.39, 0.29) is 0 Å². The van der Waals surface area contributed by atoms with Crippen LogP contribution >= 0.6 is 0 Å². The van der Waals surface area contributed by atoms with Gasteiger partial charge in [0.15, 0.2) is 0 Å². The quantitative estimate of drug-likeness (QED) is 0.584. The number of alkyl halides is 1. The van der Waals surface area contributed by atoms with E-state index < -0.39 is 6.17 Å². The topological polar surface area (TPSA) is 12.0 Å². The highest BCUT2D eigenvalue weighted by Crippen LogP contribution is 2.42. The first-order valence-electron chi connectivity index (χ1n) is 4.22. The van der Waals surface area contributed by atoms with Crippen LogP contribution in [-0.4, -0.2) is 19.3 Å². The number of hydrogen-bond donors (Lipinski definition) is 1. The Hall–Kier alpha value is -0.110. The Balaban J connectivity index is 1.81. The highest BCUT2D eigenvalue weighted by atomic mass is 19.1. The van der Waals surface area contributed by atoms with E-state index in [0.717, 1.165) is 19.5 Å². The number of piperidine rings is 1. The molecule has 10 heavy (non-hydrogen) atoms. The highest BCUT2D eigenvalue weighted by molar-refractivity contribution is 4.93. The summed E-state index contributed by atoms with van der Waals surface area (Å²) in [6.45, 7) is 2.20. The lowest BCUT2D eigenvalue weighted by Gasteiger charge is -2.21. The number of nitrogens with one attached hydrogen (secondary N) is 1. The summed E-state index contributed by atoms with van der Waals surface area (Å²) >= 11 is 0. The van der Waals surface area contributed by atoms with Gasteiger partial charge in [0.25, 0.3) is 0 Å². The van der Waals surface area contributed by atoms with Crippen molar-refractivity contribution in [3.63, 3.8) is 0 Å². The molecule has 1 nitrogen and oxygen atoms in total. The van der Waals surface area contributed by atoms with E-state index in [9.17, 15) is 4.39 Å². The van der Waals surface area contributed by atoms with Crippen LogP contribution < -0.4 is 5.32 Å². The molecule has 2 rings (SSSR count). The van der Waals surface area contributed by atoms with Crippen LogP contribution in [-0.2, 0) is 0 Å². The molecule has 2 aliphatic rings. The van der Waals surface area contributed by atoms with E-state index in [2.05, 4.69) is 5.32 Å². The van der Waals surface area contributed by atoms with Crippen LogP contribution in [0.5, 0.6) is 0 Å². The minimum absolute atomic E-state index is 0.424. The first kappa shape index (κ1) is 6.59. The lowest BCUT2D eigenvalue weighted by atomic mass is 9.95. The zero-order chi connectivity index (χ0) is 6.97. The van der Waals surface area contributed by atoms with Gasteiger partial charge in [-0.15, -0.1) is 0 Å². The molecule has 58 valence electrons. The van der Waals surface area contributed by atoms with E-state index >= 15 is 0 Å². The minimum Gasteiger partial charge on any atom is -0.316 e. The molecule has 0 aromatic carbocycles. The third-order valence-corrected chi connectivity index (χ3v) is 2.70. The van der Waals surface area contributed by atoms with Gasteiger partial charge in [-0.1, -0.05) is 0 Å². The van der Waals surface area contributed by atoms with Gasteiger partial charge in [0.05, 0.1) is 0 Å². The molecule has 0 amide bonds. The van der Waals surface area contributed by atoms with E-state index in [4.69, 9.17) is 0 Å². The summed E-state index contributed by atoms with van der Waals surface area (Å²) in [4.78, 5) is 0. The summed E-state index contributed by atoms with van der Waals surface area (Å²) < 4.78 is 12.5. The smallest absolute Gasteiger partial charge is 0.104 e. The largest absolute Gasteiger partial charge is 0.316 e. The Morgan fingerprint density at radius 2 is 2.20 bits per heavy atom. The normalized spacial score (nSPS) is 47.1. The van der Waals surface area contributed by atoms with Crippen LogP contribution in [0.4, 0.5) is 4.39 Å². The molecule has 2 fully saturated rings. The average Bonchev–Trinajstić information content (AvgIpc) is 2.69. The van der Waals surface area contributed by atoms with Gasteiger partial charge < -0.3 is 5.32 Å². The third-order valence-electron chi connectivity index (χ3n) is 2.70. The van der Waals surface area contributed by atoms with Crippen LogP contribution in [0.2, 0.25) is 0 Å². The Bertz CT molecular complexity index is 120. The Morgan fingerprint density at radius 1 is 1.40 bits per heavy atom. The fourth-order valence-electron chi connectivity index (χ4n) is 1.91. The summed E-state index contributed by atoms with van der Waals surface area (Å²) in [7, 11) is 0. The first-order valence-corrected chi connectivity index (χ1v) is 4.22. The molecule has 1 aliphatic heterocycles. The summed E-state index contributed by atoms with van der Waals surface area (Å²) in [5.74, 6) is 1.08. The standard InChI is InChI=1S/C8H14FN/c9-8-4-7(8)6-2-1-3-10-5-6/h6-8,10H,1-5H2. The van der Waals surface area contributed by atoms with Crippen molar-refractivity contribution in [1.82, 2.24) is 5.32 Å². The zero-order valence-electron chi connectivity index (χ0n) is 6.15. The monoisotopic (exact) mass is 143 g/mol. The molecule has 0 bridgehead atoms. The van der Waals surface area contributed by atoms with Crippen LogP contribution in [0.3, 0.4) is 0 Å². The molecule has 1 N–H and O–H groups in total. The van der Waals surface area contributed by atoms with Crippen LogP contribution in [0, 0.1) is 11.8 Å². The molecule has 1 saturated carbocycles. The maximum atomic E-state index is 12.5. The van der Waals surface area contributed by atoms with Crippen LogP contribution in [0.25, 0.3) is 0 Å². The number of hydrogen-bond acceptors (Lipinski definition) is 1. The maximum absolute atomic E-state index is 12.5. The van der Waals surface area contributed by atoms with Gasteiger partial charge in [-0.05, 0) is 44.2 Å². The Labute approximate surface area is 61.0 Å². The summed E-state index contributed by atoms with van der Waals surface area (Å²) in [6, 6.07) is 0. The second-order valence-electron chi connectivity index (χ2n) is 3.52. The minimum atomic E-state index is -0.454. The summed E-state index contributed by atoms with van der Waals surface area (Å²) in [5, 5.41) is 3.31. The third kappa shape index (κ3) is 1.17. The SMILES string of the molecule is FC1CC1C1CCCNC1. The predicted octanol–water partition coefficient (Wildman–Crippen LogP) is 1.34. The lowest BCUT2D eigenvalue weighted by molar-refractivity contribution is 0.305. The Morgan fingerprint density at radius 3 is 2.70 bits per heavy atom. The first-order chi connectivity index (χ1) is 4.88. The molecule has 0 aromatic heterocycles. The van der Waals surface area contributed by atoms with Crippen LogP contribution in [0.1, 0.15) is 19.3 Å². The number of rotatable bonds is 1. The van der Waals surface area contributed by atoms with Crippen molar-refractivity contribution < 1.29 is 4.39 Å². The van der Waals surface area contributed by atoms with E-state index in [1.165, 1.54) is 12.8 Å². The van der Waals surface area contributed by atoms with Gasteiger partial charge in [-0.2, -0.15) is 0 Å². The molecule has 1 saturated heterocycles. The van der Waals surface area contributed by atoms with E-state index in [1.807, 2.05) is 0 Å². The number of halogens is 1.